The Labute approximate surface area is 107 Å². The number of nitriles is 2. The van der Waals surface area contributed by atoms with Crippen molar-refractivity contribution < 1.29 is 4.74 Å². The van der Waals surface area contributed by atoms with E-state index in [2.05, 4.69) is 0 Å². The van der Waals surface area contributed by atoms with Crippen LogP contribution in [0.5, 0.6) is 0 Å². The van der Waals surface area contributed by atoms with Gasteiger partial charge < -0.3 is 9.64 Å². The van der Waals surface area contributed by atoms with Crippen LogP contribution in [0, 0.1) is 22.7 Å². The number of rotatable bonds is 4. The maximum absolute atomic E-state index is 8.91. The summed E-state index contributed by atoms with van der Waals surface area (Å²) in [5.74, 6) is 0.341. The lowest BCUT2D eigenvalue weighted by Crippen LogP contribution is -2.08. The number of allylic oxidation sites excluding steroid dienone is 1. The summed E-state index contributed by atoms with van der Waals surface area (Å²) in [5.41, 5.74) is 1.78. The molecule has 1 aromatic carbocycles. The van der Waals surface area contributed by atoms with E-state index in [-0.39, 0.29) is 5.57 Å². The SMILES string of the molecule is CCOC(=C(C#N)C#N)c1ccc(N(C)C)cc1. The average Bonchev–Trinajstić information content (AvgIpc) is 2.39. The first-order chi connectivity index (χ1) is 8.63. The van der Waals surface area contributed by atoms with Gasteiger partial charge in [-0.15, -0.1) is 0 Å². The van der Waals surface area contributed by atoms with E-state index in [1.165, 1.54) is 0 Å². The summed E-state index contributed by atoms with van der Waals surface area (Å²) in [6.07, 6.45) is 0. The summed E-state index contributed by atoms with van der Waals surface area (Å²) < 4.78 is 5.39. The number of ether oxygens (including phenoxy) is 1. The Morgan fingerprint density at radius 2 is 1.72 bits per heavy atom. The molecular formula is C14H15N3O. The molecule has 0 radical (unpaired) electrons. The van der Waals surface area contributed by atoms with Crippen LogP contribution in [0.15, 0.2) is 29.8 Å². The Morgan fingerprint density at radius 3 is 2.11 bits per heavy atom. The molecular weight excluding hydrogens is 226 g/mol. The molecule has 92 valence electrons. The van der Waals surface area contributed by atoms with Gasteiger partial charge in [0.1, 0.15) is 12.1 Å². The minimum Gasteiger partial charge on any atom is -0.491 e. The zero-order valence-corrected chi connectivity index (χ0v) is 10.8. The molecule has 0 unspecified atom stereocenters. The quantitative estimate of drug-likeness (QED) is 0.600. The fourth-order valence-corrected chi connectivity index (χ4v) is 1.48. The van der Waals surface area contributed by atoms with Crippen LogP contribution >= 0.6 is 0 Å². The van der Waals surface area contributed by atoms with Gasteiger partial charge in [-0.25, -0.2) is 0 Å². The minimum absolute atomic E-state index is 0.00514. The molecule has 1 rings (SSSR count). The van der Waals surface area contributed by atoms with Gasteiger partial charge in [0.15, 0.2) is 11.3 Å². The second-order valence-electron chi connectivity index (χ2n) is 3.80. The zero-order chi connectivity index (χ0) is 13.5. The summed E-state index contributed by atoms with van der Waals surface area (Å²) in [6, 6.07) is 11.2. The van der Waals surface area contributed by atoms with E-state index in [1.54, 1.807) is 0 Å². The normalized spacial score (nSPS) is 8.94. The Balaban J connectivity index is 3.21. The molecule has 1 aromatic rings. The third-order valence-corrected chi connectivity index (χ3v) is 2.39. The number of benzene rings is 1. The van der Waals surface area contributed by atoms with Crippen molar-refractivity contribution >= 4 is 11.4 Å². The predicted octanol–water partition coefficient (Wildman–Crippen LogP) is 2.55. The highest BCUT2D eigenvalue weighted by Crippen LogP contribution is 2.22. The van der Waals surface area contributed by atoms with Crippen molar-refractivity contribution in [2.24, 2.45) is 0 Å². The Morgan fingerprint density at radius 1 is 1.17 bits per heavy atom. The van der Waals surface area contributed by atoms with Crippen LogP contribution in [0.4, 0.5) is 5.69 Å². The fraction of sp³-hybridized carbons (Fsp3) is 0.286. The predicted molar refractivity (Wildman–Crippen MR) is 70.5 cm³/mol. The first-order valence-electron chi connectivity index (χ1n) is 5.59. The molecule has 0 amide bonds. The van der Waals surface area contributed by atoms with Gasteiger partial charge in [-0.2, -0.15) is 10.5 Å². The lowest BCUT2D eigenvalue weighted by atomic mass is 10.1. The average molecular weight is 241 g/mol. The second-order valence-corrected chi connectivity index (χ2v) is 3.80. The van der Waals surface area contributed by atoms with Crippen molar-refractivity contribution in [2.45, 2.75) is 6.92 Å². The van der Waals surface area contributed by atoms with Gasteiger partial charge >= 0.3 is 0 Å². The van der Waals surface area contributed by atoms with Crippen LogP contribution in [0.2, 0.25) is 0 Å². The third kappa shape index (κ3) is 3.02. The summed E-state index contributed by atoms with van der Waals surface area (Å²) in [7, 11) is 3.90. The van der Waals surface area contributed by atoms with Crippen LogP contribution < -0.4 is 4.90 Å². The third-order valence-electron chi connectivity index (χ3n) is 2.39. The van der Waals surface area contributed by atoms with E-state index < -0.39 is 0 Å². The lowest BCUT2D eigenvalue weighted by Gasteiger charge is -2.14. The van der Waals surface area contributed by atoms with E-state index in [0.717, 1.165) is 11.3 Å². The van der Waals surface area contributed by atoms with Crippen LogP contribution in [0.3, 0.4) is 0 Å². The number of nitrogens with zero attached hydrogens (tertiary/aromatic N) is 3. The molecule has 4 heteroatoms. The molecule has 0 heterocycles. The van der Waals surface area contributed by atoms with E-state index >= 15 is 0 Å². The molecule has 18 heavy (non-hydrogen) atoms. The van der Waals surface area contributed by atoms with Crippen LogP contribution in [0.25, 0.3) is 5.76 Å². The van der Waals surface area contributed by atoms with E-state index in [1.807, 2.05) is 62.3 Å². The van der Waals surface area contributed by atoms with Crippen LogP contribution in [0.1, 0.15) is 12.5 Å². The fourth-order valence-electron chi connectivity index (χ4n) is 1.48. The standard InChI is InChI=1S/C14H15N3O/c1-4-18-14(12(9-15)10-16)11-5-7-13(8-6-11)17(2)3/h5-8H,4H2,1-3H3. The maximum Gasteiger partial charge on any atom is 0.172 e. The van der Waals surface area contributed by atoms with Gasteiger partial charge in [0, 0.05) is 25.3 Å². The highest BCUT2D eigenvalue weighted by molar-refractivity contribution is 5.71. The smallest absolute Gasteiger partial charge is 0.172 e. The molecule has 0 N–H and O–H groups in total. The van der Waals surface area contributed by atoms with Gasteiger partial charge in [-0.1, -0.05) is 0 Å². The van der Waals surface area contributed by atoms with Crippen LogP contribution in [-0.2, 0) is 4.74 Å². The first kappa shape index (κ1) is 13.6. The Hall–Kier alpha value is -2.46. The van der Waals surface area contributed by atoms with Crippen molar-refractivity contribution in [1.29, 1.82) is 10.5 Å². The van der Waals surface area contributed by atoms with Gasteiger partial charge in [0.2, 0.25) is 0 Å². The molecule has 0 aliphatic rings. The highest BCUT2D eigenvalue weighted by atomic mass is 16.5. The topological polar surface area (TPSA) is 60.0 Å². The molecule has 0 bridgehead atoms. The summed E-state index contributed by atoms with van der Waals surface area (Å²) in [5, 5.41) is 17.8. The first-order valence-corrected chi connectivity index (χ1v) is 5.59. The van der Waals surface area contributed by atoms with Gasteiger partial charge in [0.25, 0.3) is 0 Å². The zero-order valence-electron chi connectivity index (χ0n) is 10.8. The molecule has 0 aliphatic heterocycles. The van der Waals surface area contributed by atoms with Gasteiger partial charge in [-0.3, -0.25) is 0 Å². The summed E-state index contributed by atoms with van der Waals surface area (Å²) >= 11 is 0. The molecule has 0 saturated heterocycles. The van der Waals surface area contributed by atoms with Crippen molar-refractivity contribution in [1.82, 2.24) is 0 Å². The monoisotopic (exact) mass is 241 g/mol. The van der Waals surface area contributed by atoms with Gasteiger partial charge in [0.05, 0.1) is 6.61 Å². The Kier molecular flexibility index (Phi) is 4.78. The van der Waals surface area contributed by atoms with E-state index in [9.17, 15) is 0 Å². The van der Waals surface area contributed by atoms with Crippen LogP contribution in [-0.4, -0.2) is 20.7 Å². The molecule has 0 atom stereocenters. The van der Waals surface area contributed by atoms with Crippen molar-refractivity contribution in [3.8, 4) is 12.1 Å². The lowest BCUT2D eigenvalue weighted by molar-refractivity contribution is 0.297. The van der Waals surface area contributed by atoms with Crippen molar-refractivity contribution in [3.05, 3.63) is 35.4 Å². The molecule has 0 aromatic heterocycles. The highest BCUT2D eigenvalue weighted by Gasteiger charge is 2.10. The number of hydrogen-bond acceptors (Lipinski definition) is 4. The van der Waals surface area contributed by atoms with E-state index in [0.29, 0.717) is 12.4 Å². The van der Waals surface area contributed by atoms with Crippen molar-refractivity contribution in [2.75, 3.05) is 25.6 Å². The van der Waals surface area contributed by atoms with Crippen molar-refractivity contribution in [3.63, 3.8) is 0 Å². The van der Waals surface area contributed by atoms with Gasteiger partial charge in [-0.05, 0) is 31.2 Å². The minimum atomic E-state index is -0.00514. The molecule has 0 spiro atoms. The number of anilines is 1. The number of hydrogen-bond donors (Lipinski definition) is 0. The Bertz CT molecular complexity index is 499. The molecule has 0 saturated carbocycles. The van der Waals surface area contributed by atoms with E-state index in [4.69, 9.17) is 15.3 Å². The summed E-state index contributed by atoms with van der Waals surface area (Å²) in [4.78, 5) is 1.98. The summed E-state index contributed by atoms with van der Waals surface area (Å²) in [6.45, 7) is 2.23. The largest absolute Gasteiger partial charge is 0.491 e. The molecule has 4 nitrogen and oxygen atoms in total. The molecule has 0 aliphatic carbocycles. The maximum atomic E-state index is 8.91. The molecule has 0 fully saturated rings. The second kappa shape index (κ2) is 6.32.